The van der Waals surface area contributed by atoms with Crippen LogP contribution in [0.15, 0.2) is 21.3 Å². The number of hydrogen-bond acceptors (Lipinski definition) is 6. The van der Waals surface area contributed by atoms with Crippen LogP contribution in [0.4, 0.5) is 0 Å². The fraction of sp³-hybridized carbons (Fsp3) is 0.583. The van der Waals surface area contributed by atoms with Crippen molar-refractivity contribution in [3.05, 3.63) is 29.7 Å². The zero-order valence-electron chi connectivity index (χ0n) is 10.4. The summed E-state index contributed by atoms with van der Waals surface area (Å²) in [4.78, 5) is 6.73. The van der Waals surface area contributed by atoms with Crippen LogP contribution in [0.5, 0.6) is 0 Å². The summed E-state index contributed by atoms with van der Waals surface area (Å²) in [5.74, 6) is 2.38. The second kappa shape index (κ2) is 4.89. The van der Waals surface area contributed by atoms with Crippen molar-refractivity contribution in [2.24, 2.45) is 0 Å². The van der Waals surface area contributed by atoms with Gasteiger partial charge in [-0.2, -0.15) is 4.98 Å². The Morgan fingerprint density at radius 3 is 3.11 bits per heavy atom. The van der Waals surface area contributed by atoms with E-state index in [1.807, 2.05) is 13.0 Å². The maximum absolute atomic E-state index is 5.19. The number of hydrogen-bond donors (Lipinski definition) is 0. The third kappa shape index (κ3) is 2.15. The van der Waals surface area contributed by atoms with E-state index in [0.717, 1.165) is 43.9 Å². The SMILES string of the molecule is CCc1nc([C@@H]2CCCN2Cc2ccno2)no1. The van der Waals surface area contributed by atoms with Crippen LogP contribution in [0, 0.1) is 0 Å². The first-order chi connectivity index (χ1) is 8.86. The smallest absolute Gasteiger partial charge is 0.226 e. The summed E-state index contributed by atoms with van der Waals surface area (Å²) < 4.78 is 10.3. The van der Waals surface area contributed by atoms with E-state index in [2.05, 4.69) is 20.2 Å². The van der Waals surface area contributed by atoms with E-state index in [-0.39, 0.29) is 6.04 Å². The summed E-state index contributed by atoms with van der Waals surface area (Å²) >= 11 is 0. The lowest BCUT2D eigenvalue weighted by Gasteiger charge is -2.19. The summed E-state index contributed by atoms with van der Waals surface area (Å²) in [7, 11) is 0. The summed E-state index contributed by atoms with van der Waals surface area (Å²) in [5.41, 5.74) is 0. The second-order valence-electron chi connectivity index (χ2n) is 4.51. The first-order valence-corrected chi connectivity index (χ1v) is 6.33. The fourth-order valence-electron chi connectivity index (χ4n) is 2.38. The molecule has 3 rings (SSSR count). The van der Waals surface area contributed by atoms with Gasteiger partial charge in [0.15, 0.2) is 11.6 Å². The molecule has 0 saturated carbocycles. The van der Waals surface area contributed by atoms with Gasteiger partial charge in [-0.1, -0.05) is 17.2 Å². The fourth-order valence-corrected chi connectivity index (χ4v) is 2.38. The molecule has 6 nitrogen and oxygen atoms in total. The summed E-state index contributed by atoms with van der Waals surface area (Å²) in [6, 6.07) is 2.13. The zero-order valence-corrected chi connectivity index (χ0v) is 10.4. The first-order valence-electron chi connectivity index (χ1n) is 6.33. The minimum absolute atomic E-state index is 0.235. The van der Waals surface area contributed by atoms with Crippen LogP contribution in [0.1, 0.15) is 43.3 Å². The third-order valence-electron chi connectivity index (χ3n) is 3.30. The lowest BCUT2D eigenvalue weighted by atomic mass is 10.2. The van der Waals surface area contributed by atoms with Gasteiger partial charge in [0.2, 0.25) is 5.89 Å². The van der Waals surface area contributed by atoms with Crippen LogP contribution in [0.25, 0.3) is 0 Å². The molecule has 2 aromatic heterocycles. The van der Waals surface area contributed by atoms with E-state index in [1.165, 1.54) is 0 Å². The average molecular weight is 248 g/mol. The van der Waals surface area contributed by atoms with E-state index in [1.54, 1.807) is 6.20 Å². The Labute approximate surface area is 105 Å². The molecule has 0 bridgehead atoms. The molecule has 0 aromatic carbocycles. The molecular weight excluding hydrogens is 232 g/mol. The van der Waals surface area contributed by atoms with Crippen LogP contribution in [-0.4, -0.2) is 26.7 Å². The highest BCUT2D eigenvalue weighted by Gasteiger charge is 2.30. The number of aromatic nitrogens is 3. The maximum Gasteiger partial charge on any atom is 0.226 e. The molecule has 1 atom stereocenters. The van der Waals surface area contributed by atoms with E-state index < -0.39 is 0 Å². The lowest BCUT2D eigenvalue weighted by Crippen LogP contribution is -2.23. The van der Waals surface area contributed by atoms with E-state index >= 15 is 0 Å². The molecule has 1 fully saturated rings. The average Bonchev–Trinajstić information content (AvgIpc) is 3.09. The van der Waals surface area contributed by atoms with Gasteiger partial charge >= 0.3 is 0 Å². The van der Waals surface area contributed by atoms with E-state index in [9.17, 15) is 0 Å². The minimum atomic E-state index is 0.235. The predicted octanol–water partition coefficient (Wildman–Crippen LogP) is 1.96. The monoisotopic (exact) mass is 248 g/mol. The largest absolute Gasteiger partial charge is 0.360 e. The van der Waals surface area contributed by atoms with Crippen molar-refractivity contribution < 1.29 is 9.05 Å². The molecule has 1 aliphatic heterocycles. The molecule has 0 spiro atoms. The number of rotatable bonds is 4. The van der Waals surface area contributed by atoms with Gasteiger partial charge < -0.3 is 9.05 Å². The van der Waals surface area contributed by atoms with Crippen molar-refractivity contribution in [2.75, 3.05) is 6.54 Å². The van der Waals surface area contributed by atoms with E-state index in [4.69, 9.17) is 9.05 Å². The molecule has 18 heavy (non-hydrogen) atoms. The summed E-state index contributed by atoms with van der Waals surface area (Å²) in [5, 5.41) is 7.80. The van der Waals surface area contributed by atoms with Crippen LogP contribution < -0.4 is 0 Å². The van der Waals surface area contributed by atoms with Gasteiger partial charge in [-0.15, -0.1) is 0 Å². The molecule has 3 heterocycles. The topological polar surface area (TPSA) is 68.2 Å². The normalized spacial score (nSPS) is 20.6. The third-order valence-corrected chi connectivity index (χ3v) is 3.30. The minimum Gasteiger partial charge on any atom is -0.360 e. The van der Waals surface area contributed by atoms with Crippen molar-refractivity contribution in [3.63, 3.8) is 0 Å². The quantitative estimate of drug-likeness (QED) is 0.823. The number of likely N-dealkylation sites (tertiary alicyclic amines) is 1. The molecule has 0 N–H and O–H groups in total. The van der Waals surface area contributed by atoms with Gasteiger partial charge in [0.1, 0.15) is 0 Å². The van der Waals surface area contributed by atoms with Gasteiger partial charge in [0.25, 0.3) is 0 Å². The zero-order chi connectivity index (χ0) is 12.4. The number of nitrogens with zero attached hydrogens (tertiary/aromatic N) is 4. The molecule has 1 saturated heterocycles. The molecule has 0 aliphatic carbocycles. The van der Waals surface area contributed by atoms with E-state index in [0.29, 0.717) is 5.89 Å². The highest BCUT2D eigenvalue weighted by atomic mass is 16.5. The van der Waals surface area contributed by atoms with Crippen LogP contribution in [0.3, 0.4) is 0 Å². The van der Waals surface area contributed by atoms with Gasteiger partial charge in [-0.25, -0.2) is 0 Å². The van der Waals surface area contributed by atoms with Gasteiger partial charge in [0.05, 0.1) is 18.8 Å². The molecule has 0 unspecified atom stereocenters. The molecule has 2 aromatic rings. The summed E-state index contributed by atoms with van der Waals surface area (Å²) in [6.45, 7) is 3.79. The van der Waals surface area contributed by atoms with Gasteiger partial charge in [-0.05, 0) is 19.4 Å². The predicted molar refractivity (Wildman–Crippen MR) is 62.6 cm³/mol. The Balaban J connectivity index is 1.74. The van der Waals surface area contributed by atoms with Crippen molar-refractivity contribution in [1.29, 1.82) is 0 Å². The van der Waals surface area contributed by atoms with Crippen molar-refractivity contribution >= 4 is 0 Å². The first kappa shape index (κ1) is 11.4. The molecule has 1 aliphatic rings. The number of aryl methyl sites for hydroxylation is 1. The standard InChI is InChI=1S/C12H16N4O2/c1-2-11-14-12(15-18-11)10-4-3-7-16(10)8-9-5-6-13-17-9/h5-6,10H,2-4,7-8H2,1H3/t10-/m0/s1. The van der Waals surface area contributed by atoms with Crippen LogP contribution in [0.2, 0.25) is 0 Å². The lowest BCUT2D eigenvalue weighted by molar-refractivity contribution is 0.207. The summed E-state index contributed by atoms with van der Waals surface area (Å²) in [6.07, 6.45) is 4.66. The molecule has 96 valence electrons. The van der Waals surface area contributed by atoms with Gasteiger partial charge in [0, 0.05) is 12.5 Å². The molecule has 0 radical (unpaired) electrons. The van der Waals surface area contributed by atoms with Crippen molar-refractivity contribution in [1.82, 2.24) is 20.2 Å². The Hall–Kier alpha value is -1.69. The Morgan fingerprint density at radius 1 is 1.44 bits per heavy atom. The van der Waals surface area contributed by atoms with Crippen molar-refractivity contribution in [3.8, 4) is 0 Å². The Bertz CT molecular complexity index is 494. The Morgan fingerprint density at radius 2 is 2.39 bits per heavy atom. The second-order valence-corrected chi connectivity index (χ2v) is 4.51. The van der Waals surface area contributed by atoms with Crippen LogP contribution in [-0.2, 0) is 13.0 Å². The highest BCUT2D eigenvalue weighted by Crippen LogP contribution is 2.31. The molecular formula is C12H16N4O2. The highest BCUT2D eigenvalue weighted by molar-refractivity contribution is 5.01. The van der Waals surface area contributed by atoms with Crippen LogP contribution >= 0.6 is 0 Å². The molecule has 0 amide bonds. The molecule has 6 heteroatoms. The Kier molecular flexibility index (Phi) is 3.10. The maximum atomic E-state index is 5.19. The van der Waals surface area contributed by atoms with Crippen molar-refractivity contribution in [2.45, 2.75) is 38.8 Å². The van der Waals surface area contributed by atoms with Gasteiger partial charge in [-0.3, -0.25) is 4.90 Å².